The highest BCUT2D eigenvalue weighted by atomic mass is 15.0. The molecular weight excluding hydrogens is 989 g/mol. The summed E-state index contributed by atoms with van der Waals surface area (Å²) in [6.45, 7) is 25.7. The molecule has 0 amide bonds. The van der Waals surface area contributed by atoms with Crippen LogP contribution >= 0.6 is 0 Å². The van der Waals surface area contributed by atoms with Gasteiger partial charge in [-0.25, -0.2) is 14.5 Å². The lowest BCUT2D eigenvalue weighted by molar-refractivity contribution is 1.16. The van der Waals surface area contributed by atoms with Gasteiger partial charge in [0.05, 0.1) is 88.1 Å². The molecule has 0 aliphatic heterocycles. The van der Waals surface area contributed by atoms with Gasteiger partial charge in [-0.15, -0.1) is 0 Å². The molecule has 372 valence electrons. The van der Waals surface area contributed by atoms with Crippen LogP contribution in [0, 0.1) is 60.6 Å². The smallest absolute Gasteiger partial charge is 0.188 e. The summed E-state index contributed by atoms with van der Waals surface area (Å²) < 4.78 is 4.62. The average molecular weight is 1030 g/mol. The van der Waals surface area contributed by atoms with E-state index in [9.17, 15) is 15.8 Å². The molecule has 13 rings (SSSR count). The Balaban J connectivity index is 1.10. The number of hydrogen-bond donors (Lipinski definition) is 0. The third-order valence-electron chi connectivity index (χ3n) is 15.4. The van der Waals surface area contributed by atoms with Gasteiger partial charge in [0.1, 0.15) is 0 Å². The minimum atomic E-state index is 0.476. The van der Waals surface area contributed by atoms with Crippen LogP contribution in [0.2, 0.25) is 0 Å². The normalized spacial score (nSPS) is 11.0. The van der Waals surface area contributed by atoms with Crippen LogP contribution in [0.1, 0.15) is 22.3 Å². The van der Waals surface area contributed by atoms with Crippen LogP contribution in [0.25, 0.3) is 136 Å². The van der Waals surface area contributed by atoms with Gasteiger partial charge in [0.15, 0.2) is 17.1 Å². The van der Waals surface area contributed by atoms with Crippen LogP contribution in [0.3, 0.4) is 0 Å². The maximum absolute atomic E-state index is 9.91. The second-order valence-electron chi connectivity index (χ2n) is 20.0. The summed E-state index contributed by atoms with van der Waals surface area (Å²) >= 11 is 0. The average Bonchev–Trinajstić information content (AvgIpc) is 4.25. The highest BCUT2D eigenvalue weighted by Crippen LogP contribution is 2.46. The van der Waals surface area contributed by atoms with Crippen molar-refractivity contribution in [2.24, 2.45) is 0 Å². The van der Waals surface area contributed by atoms with Crippen molar-refractivity contribution in [2.75, 3.05) is 0 Å². The quantitative estimate of drug-likeness (QED) is 0.142. The van der Waals surface area contributed by atoms with Crippen LogP contribution in [0.15, 0.2) is 224 Å². The van der Waals surface area contributed by atoms with Gasteiger partial charge in [-0.3, -0.25) is 0 Å². The molecule has 2 heterocycles. The largest absolute Gasteiger partial charge is 0.309 e. The van der Waals surface area contributed by atoms with Gasteiger partial charge in [-0.1, -0.05) is 121 Å². The molecule has 0 fully saturated rings. The topological polar surface area (TPSA) is 94.3 Å². The summed E-state index contributed by atoms with van der Waals surface area (Å²) in [5.74, 6) is 0. The maximum Gasteiger partial charge on any atom is 0.188 e. The van der Waals surface area contributed by atoms with Crippen LogP contribution < -0.4 is 0 Å². The van der Waals surface area contributed by atoms with Crippen molar-refractivity contribution in [1.29, 1.82) is 15.8 Å². The van der Waals surface area contributed by atoms with Crippen LogP contribution in [-0.2, 0) is 0 Å². The molecule has 0 atom stereocenters. The Labute approximate surface area is 467 Å². The molecule has 13 aromatic rings. The van der Waals surface area contributed by atoms with Crippen molar-refractivity contribution in [1.82, 2.24) is 9.13 Å². The predicted octanol–water partition coefficient (Wildman–Crippen LogP) is 19.5. The van der Waals surface area contributed by atoms with Gasteiger partial charge >= 0.3 is 0 Å². The molecule has 8 nitrogen and oxygen atoms in total. The molecule has 0 spiro atoms. The number of nitrogens with zero attached hydrogens (tertiary/aromatic N) is 8. The SMILES string of the molecule is [C-]#[N+]c1ccc(-c2ccc3c(c2)c2cc(-c4ccc([N+]#[C-])cc4)ccc2n3-c2cc(-c3ccc(C#N)cc3C)ccc2-c2cc([N+]#[C-])ccc2-n2c3ccc(-c4ccc(C#N)cc4)cc3c3cc(-c4ccc(C#N)cc4)ccc32)cc1. The Hall–Kier alpha value is -12.0. The lowest BCUT2D eigenvalue weighted by Crippen LogP contribution is -2.02. The fraction of sp³-hybridized carbons (Fsp3) is 0.0137. The molecule has 0 aliphatic rings. The zero-order valence-electron chi connectivity index (χ0n) is 43.4. The number of rotatable bonds is 8. The fourth-order valence-electron chi connectivity index (χ4n) is 11.4. The summed E-state index contributed by atoms with van der Waals surface area (Å²) in [5.41, 5.74) is 21.4. The predicted molar refractivity (Wildman–Crippen MR) is 325 cm³/mol. The van der Waals surface area contributed by atoms with Crippen molar-refractivity contribution in [2.45, 2.75) is 6.92 Å². The summed E-state index contributed by atoms with van der Waals surface area (Å²) in [6, 6.07) is 81.6. The van der Waals surface area contributed by atoms with E-state index in [1.165, 1.54) is 0 Å². The molecule has 0 unspecified atom stereocenters. The third-order valence-corrected chi connectivity index (χ3v) is 15.4. The van der Waals surface area contributed by atoms with E-state index in [0.29, 0.717) is 33.8 Å². The Morgan fingerprint density at radius 3 is 1.04 bits per heavy atom. The minimum Gasteiger partial charge on any atom is -0.309 e. The number of nitriles is 3. The third kappa shape index (κ3) is 8.46. The van der Waals surface area contributed by atoms with Crippen molar-refractivity contribution >= 4 is 60.7 Å². The highest BCUT2D eigenvalue weighted by molar-refractivity contribution is 6.14. The van der Waals surface area contributed by atoms with E-state index in [0.717, 1.165) is 127 Å². The first kappa shape index (κ1) is 48.6. The number of aromatic nitrogens is 2. The number of benzene rings is 11. The molecule has 0 saturated heterocycles. The Morgan fingerprint density at radius 2 is 0.642 bits per heavy atom. The maximum atomic E-state index is 9.91. The Bertz CT molecular complexity index is 4800. The Morgan fingerprint density at radius 1 is 0.296 bits per heavy atom. The van der Waals surface area contributed by atoms with Gasteiger partial charge in [0.25, 0.3) is 0 Å². The second kappa shape index (κ2) is 19.8. The lowest BCUT2D eigenvalue weighted by Gasteiger charge is -2.21. The first-order valence-electron chi connectivity index (χ1n) is 26.1. The van der Waals surface area contributed by atoms with E-state index in [4.69, 9.17) is 19.7 Å². The van der Waals surface area contributed by atoms with E-state index in [1.54, 1.807) is 0 Å². The number of aryl methyl sites for hydroxylation is 1. The summed E-state index contributed by atoms with van der Waals surface area (Å²) in [6.07, 6.45) is 0. The van der Waals surface area contributed by atoms with E-state index in [2.05, 4.69) is 139 Å². The molecule has 0 bridgehead atoms. The molecule has 0 N–H and O–H groups in total. The van der Waals surface area contributed by atoms with Gasteiger partial charge in [0, 0.05) is 27.1 Å². The van der Waals surface area contributed by atoms with Crippen LogP contribution in [0.5, 0.6) is 0 Å². The second-order valence-corrected chi connectivity index (χ2v) is 20.0. The molecule has 0 aliphatic carbocycles. The van der Waals surface area contributed by atoms with E-state index in [-0.39, 0.29) is 0 Å². The molecule has 11 aromatic carbocycles. The van der Waals surface area contributed by atoms with Crippen LogP contribution in [0.4, 0.5) is 17.1 Å². The van der Waals surface area contributed by atoms with E-state index < -0.39 is 0 Å². The zero-order chi connectivity index (χ0) is 55.3. The Kier molecular flexibility index (Phi) is 11.9. The summed E-state index contributed by atoms with van der Waals surface area (Å²) in [7, 11) is 0. The van der Waals surface area contributed by atoms with Gasteiger partial charge in [-0.2, -0.15) is 15.8 Å². The standard InChI is InChI=1S/C73H40N8/c1-45-35-48(44-76)9-28-61(45)57-18-29-62(73(40-57)81-70-32-21-55(51-14-23-58(77-2)24-15-51)38-65(70)66-39-56(22-33-71(66)81)52-16-25-59(78-3)26-17-52)67-41-60(79-4)27-34-72(67)80-68-30-19-53(49-10-5-46(42-74)6-11-49)36-63(68)64-37-54(20-31-69(64)80)50-12-7-47(43-75)8-13-50/h5-41H,1H3. The van der Waals surface area contributed by atoms with Gasteiger partial charge in [0.2, 0.25) is 0 Å². The summed E-state index contributed by atoms with van der Waals surface area (Å²) in [4.78, 5) is 11.3. The molecule has 0 saturated carbocycles. The first-order chi connectivity index (χ1) is 39.7. The highest BCUT2D eigenvalue weighted by Gasteiger charge is 2.24. The molecule has 2 aromatic heterocycles. The molecule has 8 heteroatoms. The monoisotopic (exact) mass is 1030 g/mol. The van der Waals surface area contributed by atoms with Gasteiger partial charge < -0.3 is 9.13 Å². The van der Waals surface area contributed by atoms with Gasteiger partial charge in [-0.05, 0) is 177 Å². The lowest BCUT2D eigenvalue weighted by atomic mass is 9.93. The van der Waals surface area contributed by atoms with E-state index in [1.807, 2.05) is 134 Å². The van der Waals surface area contributed by atoms with E-state index >= 15 is 0 Å². The first-order valence-corrected chi connectivity index (χ1v) is 26.1. The summed E-state index contributed by atoms with van der Waals surface area (Å²) in [5, 5.41) is 33.2. The zero-order valence-corrected chi connectivity index (χ0v) is 43.4. The molecule has 0 radical (unpaired) electrons. The minimum absolute atomic E-state index is 0.476. The van der Waals surface area contributed by atoms with Crippen molar-refractivity contribution < 1.29 is 0 Å². The fourth-order valence-corrected chi connectivity index (χ4v) is 11.4. The van der Waals surface area contributed by atoms with Crippen molar-refractivity contribution in [3.8, 4) is 96.3 Å². The molecule has 81 heavy (non-hydrogen) atoms. The number of fused-ring (bicyclic) bond motifs is 6. The molecular formula is C73H40N8. The van der Waals surface area contributed by atoms with Crippen molar-refractivity contribution in [3.05, 3.63) is 281 Å². The van der Waals surface area contributed by atoms with Crippen molar-refractivity contribution in [3.63, 3.8) is 0 Å². The van der Waals surface area contributed by atoms with Crippen LogP contribution in [-0.4, -0.2) is 9.13 Å². The number of hydrogen-bond acceptors (Lipinski definition) is 3.